The highest BCUT2D eigenvalue weighted by molar-refractivity contribution is 8.69. The molecule has 0 aliphatic carbocycles. The van der Waals surface area contributed by atoms with Crippen LogP contribution in [0.4, 0.5) is 0 Å². The highest BCUT2D eigenvalue weighted by Gasteiger charge is 2.23. The zero-order valence-corrected chi connectivity index (χ0v) is 17.7. The standard InChI is InChI=1S/C13H14Cl3N2O3PS2/c1-7(4-12(19)20-3)21-22(23,18-8(2)17)24-9-5-10(14)13(16)11(15)6-9/h4-6H,1-3H3,(H2,17,18,23). The van der Waals surface area contributed by atoms with Gasteiger partial charge in [0.05, 0.1) is 34.1 Å². The topological polar surface area (TPSA) is 73.9 Å². The van der Waals surface area contributed by atoms with E-state index in [1.807, 2.05) is 0 Å². The number of amidine groups is 1. The first-order valence-corrected chi connectivity index (χ1v) is 11.5. The van der Waals surface area contributed by atoms with Crippen LogP contribution in [-0.2, 0) is 25.9 Å². The Balaban J connectivity index is 3.18. The van der Waals surface area contributed by atoms with Crippen LogP contribution in [0.3, 0.4) is 0 Å². The number of nitrogens with zero attached hydrogens (tertiary/aromatic N) is 1. The Bertz CT molecular complexity index is 729. The molecule has 0 spiro atoms. The Labute approximate surface area is 164 Å². The molecule has 0 aliphatic rings. The van der Waals surface area contributed by atoms with Gasteiger partial charge >= 0.3 is 5.97 Å². The molecule has 0 fully saturated rings. The van der Waals surface area contributed by atoms with Crippen molar-refractivity contribution in [2.45, 2.75) is 18.7 Å². The lowest BCUT2D eigenvalue weighted by Gasteiger charge is -2.19. The van der Waals surface area contributed by atoms with Gasteiger partial charge in [-0.2, -0.15) is 4.76 Å². The molecule has 1 rings (SSSR count). The van der Waals surface area contributed by atoms with Crippen molar-refractivity contribution in [3.63, 3.8) is 0 Å². The van der Waals surface area contributed by atoms with Crippen molar-refractivity contribution >= 4 is 75.4 Å². The fourth-order valence-electron chi connectivity index (χ4n) is 1.40. The van der Waals surface area contributed by atoms with Gasteiger partial charge in [-0.15, -0.1) is 0 Å². The molecule has 0 saturated heterocycles. The molecule has 0 radical (unpaired) electrons. The summed E-state index contributed by atoms with van der Waals surface area (Å²) in [5, 5.41) is 0.809. The lowest BCUT2D eigenvalue weighted by molar-refractivity contribution is -0.135. The number of nitrogens with two attached hydrogens (primary N) is 1. The number of allylic oxidation sites excluding steroid dienone is 1. The molecular formula is C13H14Cl3N2O3PS2. The van der Waals surface area contributed by atoms with E-state index >= 15 is 0 Å². The summed E-state index contributed by atoms with van der Waals surface area (Å²) in [6.45, 7) is 3.16. The minimum absolute atomic E-state index is 0.247. The first kappa shape index (κ1) is 21.6. The van der Waals surface area contributed by atoms with E-state index in [-0.39, 0.29) is 26.7 Å². The number of rotatable bonds is 6. The number of halogens is 3. The summed E-state index contributed by atoms with van der Waals surface area (Å²) in [5.74, 6) is -0.0539. The molecule has 0 saturated carbocycles. The maximum atomic E-state index is 11.3. The quantitative estimate of drug-likeness (QED) is 0.119. The van der Waals surface area contributed by atoms with Gasteiger partial charge in [0.15, 0.2) is 0 Å². The summed E-state index contributed by atoms with van der Waals surface area (Å²) in [7, 11) is 1.26. The number of hydrogen-bond acceptors (Lipinski definition) is 5. The van der Waals surface area contributed by atoms with Crippen molar-refractivity contribution in [1.82, 2.24) is 0 Å². The number of methoxy groups -OCH3 is 1. The Hall–Kier alpha value is -0.430. The van der Waals surface area contributed by atoms with Gasteiger partial charge in [0.2, 0.25) is 0 Å². The van der Waals surface area contributed by atoms with Gasteiger partial charge in [-0.1, -0.05) is 34.8 Å². The van der Waals surface area contributed by atoms with Crippen LogP contribution < -0.4 is 5.73 Å². The minimum atomic E-state index is -2.90. The molecular weight excluding hydrogens is 434 g/mol. The third-order valence-electron chi connectivity index (χ3n) is 2.24. The first-order chi connectivity index (χ1) is 11.1. The Morgan fingerprint density at radius 2 is 1.88 bits per heavy atom. The van der Waals surface area contributed by atoms with Crippen LogP contribution in [0.15, 0.2) is 33.6 Å². The maximum absolute atomic E-state index is 11.3. The highest BCUT2D eigenvalue weighted by atomic mass is 35.5. The normalized spacial score (nSPS) is 14.9. The predicted octanol–water partition coefficient (Wildman–Crippen LogP) is 5.43. The number of ether oxygens (including phenoxy) is 1. The number of hydrogen-bond donors (Lipinski definition) is 1. The van der Waals surface area contributed by atoms with Crippen molar-refractivity contribution in [1.29, 1.82) is 0 Å². The molecule has 5 nitrogen and oxygen atoms in total. The third kappa shape index (κ3) is 6.82. The largest absolute Gasteiger partial charge is 0.466 e. The van der Waals surface area contributed by atoms with E-state index in [0.29, 0.717) is 4.90 Å². The second-order valence-electron chi connectivity index (χ2n) is 4.37. The molecule has 1 atom stereocenters. The summed E-state index contributed by atoms with van der Waals surface area (Å²) < 4.78 is 14.5. The van der Waals surface area contributed by atoms with Crippen molar-refractivity contribution < 1.29 is 14.1 Å². The van der Waals surface area contributed by atoms with Gasteiger partial charge in [0.25, 0.3) is 5.62 Å². The number of esters is 1. The fourth-order valence-corrected chi connectivity index (χ4v) is 7.26. The molecule has 0 aliphatic heterocycles. The molecule has 0 bridgehead atoms. The summed E-state index contributed by atoms with van der Waals surface area (Å²) in [6.07, 6.45) is 1.17. The van der Waals surface area contributed by atoms with Crippen molar-refractivity contribution in [2.24, 2.45) is 10.5 Å². The Kier molecular flexibility index (Phi) is 8.39. The van der Waals surface area contributed by atoms with Crippen LogP contribution >= 0.6 is 51.8 Å². The van der Waals surface area contributed by atoms with Crippen LogP contribution in [0.5, 0.6) is 0 Å². The van der Waals surface area contributed by atoms with E-state index in [4.69, 9.17) is 56.9 Å². The smallest absolute Gasteiger partial charge is 0.333 e. The van der Waals surface area contributed by atoms with E-state index in [2.05, 4.69) is 9.50 Å². The molecule has 0 amide bonds. The van der Waals surface area contributed by atoms with Crippen LogP contribution in [-0.4, -0.2) is 18.9 Å². The molecule has 132 valence electrons. The van der Waals surface area contributed by atoms with E-state index in [1.54, 1.807) is 26.0 Å². The Morgan fingerprint density at radius 1 is 1.33 bits per heavy atom. The molecule has 1 aromatic rings. The zero-order chi connectivity index (χ0) is 18.5. The summed E-state index contributed by atoms with van der Waals surface area (Å²) in [4.78, 5) is 11.9. The maximum Gasteiger partial charge on any atom is 0.333 e. The lowest BCUT2D eigenvalue weighted by Crippen LogP contribution is -2.05. The number of benzene rings is 1. The SMILES string of the molecule is COC(=O)C=C(C)OP(=S)(N=C(C)N)Sc1cc(Cl)c(Cl)c(Cl)c1. The molecule has 24 heavy (non-hydrogen) atoms. The fraction of sp³-hybridized carbons (Fsp3) is 0.231. The molecule has 0 aromatic heterocycles. The van der Waals surface area contributed by atoms with Crippen LogP contribution in [0, 0.1) is 0 Å². The minimum Gasteiger partial charge on any atom is -0.466 e. The van der Waals surface area contributed by atoms with Crippen LogP contribution in [0.25, 0.3) is 0 Å². The van der Waals surface area contributed by atoms with Crippen LogP contribution in [0.2, 0.25) is 15.1 Å². The summed E-state index contributed by atoms with van der Waals surface area (Å²) in [6, 6.07) is 3.21. The van der Waals surface area contributed by atoms with Crippen molar-refractivity contribution in [3.05, 3.63) is 39.0 Å². The van der Waals surface area contributed by atoms with Crippen molar-refractivity contribution in [2.75, 3.05) is 7.11 Å². The van der Waals surface area contributed by atoms with E-state index < -0.39 is 11.6 Å². The predicted molar refractivity (Wildman–Crippen MR) is 106 cm³/mol. The van der Waals surface area contributed by atoms with Gasteiger partial charge in [-0.3, -0.25) is 0 Å². The monoisotopic (exact) mass is 446 g/mol. The van der Waals surface area contributed by atoms with E-state index in [0.717, 1.165) is 11.4 Å². The van der Waals surface area contributed by atoms with Gasteiger partial charge in [-0.25, -0.2) is 4.79 Å². The summed E-state index contributed by atoms with van der Waals surface area (Å²) in [5.41, 5.74) is 2.75. The third-order valence-corrected chi connectivity index (χ3v) is 8.13. The van der Waals surface area contributed by atoms with Gasteiger partial charge in [0, 0.05) is 4.90 Å². The highest BCUT2D eigenvalue weighted by Crippen LogP contribution is 2.66. The Morgan fingerprint density at radius 3 is 2.33 bits per heavy atom. The molecule has 11 heteroatoms. The van der Waals surface area contributed by atoms with E-state index in [9.17, 15) is 4.79 Å². The second-order valence-corrected chi connectivity index (χ2v) is 11.7. The first-order valence-electron chi connectivity index (χ1n) is 6.28. The molecule has 2 N–H and O–H groups in total. The number of carbonyl (C=O) groups is 1. The second kappa shape index (κ2) is 9.32. The average Bonchev–Trinajstić information content (AvgIpc) is 2.42. The van der Waals surface area contributed by atoms with Gasteiger partial charge < -0.3 is 15.0 Å². The van der Waals surface area contributed by atoms with Gasteiger partial charge in [0.1, 0.15) is 5.76 Å². The molecule has 0 heterocycles. The van der Waals surface area contributed by atoms with E-state index in [1.165, 1.54) is 13.2 Å². The molecule has 1 unspecified atom stereocenters. The van der Waals surface area contributed by atoms with Gasteiger partial charge in [-0.05, 0) is 49.2 Å². The summed E-state index contributed by atoms with van der Waals surface area (Å²) >= 11 is 24.6. The average molecular weight is 448 g/mol. The number of carbonyl (C=O) groups excluding carboxylic acids is 1. The lowest BCUT2D eigenvalue weighted by atomic mass is 10.4. The molecule has 1 aromatic carbocycles. The zero-order valence-electron chi connectivity index (χ0n) is 12.9. The van der Waals surface area contributed by atoms with Crippen LogP contribution in [0.1, 0.15) is 13.8 Å². The van der Waals surface area contributed by atoms with Crippen molar-refractivity contribution in [3.8, 4) is 0 Å².